The highest BCUT2D eigenvalue weighted by atomic mass is 16.4. The molecule has 0 spiro atoms. The average molecular weight is 347 g/mol. The molecule has 0 aromatic carbocycles. The molecule has 0 rings (SSSR count). The van der Waals surface area contributed by atoms with Crippen LogP contribution in [-0.4, -0.2) is 70.3 Å². The number of aliphatic carboxylic acids is 3. The highest BCUT2D eigenvalue weighted by Gasteiger charge is 2.27. The minimum absolute atomic E-state index is 0.120. The van der Waals surface area contributed by atoms with Crippen LogP contribution in [0.3, 0.4) is 0 Å². The van der Waals surface area contributed by atoms with E-state index < -0.39 is 48.9 Å². The van der Waals surface area contributed by atoms with Gasteiger partial charge in [0.2, 0.25) is 5.91 Å². The number of carbonyl (C=O) groups is 4. The van der Waals surface area contributed by atoms with Gasteiger partial charge in [-0.25, -0.2) is 4.79 Å². The van der Waals surface area contributed by atoms with Gasteiger partial charge < -0.3 is 32.1 Å². The van der Waals surface area contributed by atoms with Gasteiger partial charge in [0.25, 0.3) is 0 Å². The number of guanidine groups is 1. The Hall–Kier alpha value is -2.89. The zero-order valence-corrected chi connectivity index (χ0v) is 12.8. The lowest BCUT2D eigenvalue weighted by molar-refractivity contribution is -0.147. The molecule has 0 aromatic heterocycles. The maximum atomic E-state index is 12.1. The quantitative estimate of drug-likeness (QED) is 0.109. The third-order valence-corrected chi connectivity index (χ3v) is 2.75. The summed E-state index contributed by atoms with van der Waals surface area (Å²) in [7, 11) is 0. The molecule has 0 bridgehead atoms. The number of nitrogens with zero attached hydrogens (tertiary/aromatic N) is 1. The third kappa shape index (κ3) is 9.94. The zero-order valence-electron chi connectivity index (χ0n) is 12.8. The van der Waals surface area contributed by atoms with Gasteiger partial charge in [-0.1, -0.05) is 0 Å². The molecular formula is C12H21N5O7. The highest BCUT2D eigenvalue weighted by molar-refractivity contribution is 5.89. The number of rotatable bonds is 12. The van der Waals surface area contributed by atoms with E-state index in [1.807, 2.05) is 0 Å². The van der Waals surface area contributed by atoms with E-state index in [0.29, 0.717) is 6.42 Å². The van der Waals surface area contributed by atoms with E-state index in [9.17, 15) is 19.2 Å². The van der Waals surface area contributed by atoms with Gasteiger partial charge in [-0.05, 0) is 12.8 Å². The van der Waals surface area contributed by atoms with Crippen molar-refractivity contribution in [1.82, 2.24) is 10.6 Å². The van der Waals surface area contributed by atoms with Crippen molar-refractivity contribution in [2.45, 2.75) is 31.3 Å². The van der Waals surface area contributed by atoms with Gasteiger partial charge in [-0.3, -0.25) is 24.7 Å². The van der Waals surface area contributed by atoms with Crippen LogP contribution < -0.4 is 22.1 Å². The zero-order chi connectivity index (χ0) is 18.7. The van der Waals surface area contributed by atoms with Crippen LogP contribution in [0.5, 0.6) is 0 Å². The number of carboxylic acids is 3. The van der Waals surface area contributed by atoms with Crippen molar-refractivity contribution in [2.24, 2.45) is 16.5 Å². The smallest absolute Gasteiger partial charge is 0.326 e. The van der Waals surface area contributed by atoms with Crippen LogP contribution in [-0.2, 0) is 19.2 Å². The highest BCUT2D eigenvalue weighted by Crippen LogP contribution is 2.01. The summed E-state index contributed by atoms with van der Waals surface area (Å²) in [6, 6.07) is -2.66. The number of hydrogen-bond acceptors (Lipinski definition) is 6. The maximum absolute atomic E-state index is 12.1. The molecule has 0 aliphatic heterocycles. The second kappa shape index (κ2) is 10.8. The number of aliphatic imine (C=N–C) groups is 1. The molecular weight excluding hydrogens is 326 g/mol. The predicted molar refractivity (Wildman–Crippen MR) is 81.2 cm³/mol. The molecule has 2 atom stereocenters. The fourth-order valence-corrected chi connectivity index (χ4v) is 1.69. The minimum Gasteiger partial charge on any atom is -0.481 e. The van der Waals surface area contributed by atoms with Crippen molar-refractivity contribution in [1.29, 1.82) is 0 Å². The Balaban J connectivity index is 4.79. The first-order chi connectivity index (χ1) is 11.1. The second-order valence-electron chi connectivity index (χ2n) is 4.77. The summed E-state index contributed by atoms with van der Waals surface area (Å²) < 4.78 is 0. The van der Waals surface area contributed by atoms with E-state index in [-0.39, 0.29) is 18.9 Å². The first kappa shape index (κ1) is 21.1. The second-order valence-corrected chi connectivity index (χ2v) is 4.77. The minimum atomic E-state index is -1.62. The molecule has 12 heteroatoms. The molecule has 136 valence electrons. The molecule has 12 nitrogen and oxygen atoms in total. The number of nitrogens with one attached hydrogen (secondary N) is 2. The summed E-state index contributed by atoms with van der Waals surface area (Å²) in [4.78, 5) is 47.9. The number of nitrogens with two attached hydrogens (primary N) is 2. The SMILES string of the molecule is NC(N)=NCCC[C@H](NCC(=O)O)C(=O)N[C@@H](CC(=O)O)C(=O)O. The summed E-state index contributed by atoms with van der Waals surface area (Å²) in [6.07, 6.45) is -0.366. The van der Waals surface area contributed by atoms with Crippen LogP contribution in [0.25, 0.3) is 0 Å². The summed E-state index contributed by atoms with van der Waals surface area (Å²) >= 11 is 0. The van der Waals surface area contributed by atoms with Crippen LogP contribution in [0, 0.1) is 0 Å². The van der Waals surface area contributed by atoms with Crippen molar-refractivity contribution in [2.75, 3.05) is 13.1 Å². The molecule has 0 saturated carbocycles. The number of amides is 1. The topological polar surface area (TPSA) is 217 Å². The van der Waals surface area contributed by atoms with Crippen LogP contribution in [0.15, 0.2) is 4.99 Å². The molecule has 0 radical (unpaired) electrons. The molecule has 0 aromatic rings. The lowest BCUT2D eigenvalue weighted by Crippen LogP contribution is -2.51. The number of hydrogen-bond donors (Lipinski definition) is 7. The van der Waals surface area contributed by atoms with Gasteiger partial charge in [0.15, 0.2) is 5.96 Å². The van der Waals surface area contributed by atoms with Gasteiger partial charge >= 0.3 is 17.9 Å². The van der Waals surface area contributed by atoms with Crippen molar-refractivity contribution >= 4 is 29.8 Å². The van der Waals surface area contributed by atoms with Gasteiger partial charge in [-0.2, -0.15) is 0 Å². The first-order valence-corrected chi connectivity index (χ1v) is 6.89. The van der Waals surface area contributed by atoms with E-state index >= 15 is 0 Å². The maximum Gasteiger partial charge on any atom is 0.326 e. The molecule has 24 heavy (non-hydrogen) atoms. The normalized spacial score (nSPS) is 12.7. The number of carboxylic acid groups (broad SMARTS) is 3. The molecule has 0 aliphatic carbocycles. The monoisotopic (exact) mass is 347 g/mol. The van der Waals surface area contributed by atoms with Crippen LogP contribution in [0.2, 0.25) is 0 Å². The van der Waals surface area contributed by atoms with Crippen molar-refractivity contribution in [3.8, 4) is 0 Å². The van der Waals surface area contributed by atoms with E-state index in [1.165, 1.54) is 0 Å². The van der Waals surface area contributed by atoms with Crippen LogP contribution >= 0.6 is 0 Å². The lowest BCUT2D eigenvalue weighted by atomic mass is 10.1. The summed E-state index contributed by atoms with van der Waals surface area (Å²) in [5.41, 5.74) is 10.3. The van der Waals surface area contributed by atoms with Crippen molar-refractivity contribution in [3.63, 3.8) is 0 Å². The van der Waals surface area contributed by atoms with E-state index in [1.54, 1.807) is 0 Å². The molecule has 9 N–H and O–H groups in total. The number of carbonyl (C=O) groups excluding carboxylic acids is 1. The Bertz CT molecular complexity index is 504. The molecule has 0 fully saturated rings. The lowest BCUT2D eigenvalue weighted by Gasteiger charge is -2.20. The van der Waals surface area contributed by atoms with E-state index in [2.05, 4.69) is 15.6 Å². The van der Waals surface area contributed by atoms with E-state index in [4.69, 9.17) is 26.8 Å². The Kier molecular flexibility index (Phi) is 9.48. The fraction of sp³-hybridized carbons (Fsp3) is 0.583. The first-order valence-electron chi connectivity index (χ1n) is 6.89. The summed E-state index contributed by atoms with van der Waals surface area (Å²) in [6.45, 7) is -0.338. The third-order valence-electron chi connectivity index (χ3n) is 2.75. The van der Waals surface area contributed by atoms with E-state index in [0.717, 1.165) is 0 Å². The molecule has 0 saturated heterocycles. The van der Waals surface area contributed by atoms with Crippen molar-refractivity contribution in [3.05, 3.63) is 0 Å². The largest absolute Gasteiger partial charge is 0.481 e. The molecule has 1 amide bonds. The Morgan fingerprint density at radius 1 is 1.00 bits per heavy atom. The average Bonchev–Trinajstić information content (AvgIpc) is 2.44. The van der Waals surface area contributed by atoms with Crippen LogP contribution in [0.1, 0.15) is 19.3 Å². The Morgan fingerprint density at radius 3 is 2.08 bits per heavy atom. The molecule has 0 aliphatic rings. The molecule has 0 unspecified atom stereocenters. The Morgan fingerprint density at radius 2 is 1.62 bits per heavy atom. The predicted octanol–water partition coefficient (Wildman–Crippen LogP) is -2.87. The van der Waals surface area contributed by atoms with Crippen LogP contribution in [0.4, 0.5) is 0 Å². The standard InChI is InChI=1S/C12H21N5O7/c13-12(14)15-3-1-2-6(16-5-9(20)21)10(22)17-7(11(23)24)4-8(18)19/h6-7,16H,1-5H2,(H,17,22)(H,18,19)(H,20,21)(H,23,24)(H4,13,14,15)/t6-,7-/m0/s1. The van der Waals surface area contributed by atoms with Gasteiger partial charge in [0.05, 0.1) is 19.0 Å². The van der Waals surface area contributed by atoms with Crippen molar-refractivity contribution < 1.29 is 34.5 Å². The van der Waals surface area contributed by atoms with Gasteiger partial charge in [-0.15, -0.1) is 0 Å². The fourth-order valence-electron chi connectivity index (χ4n) is 1.69. The Labute approximate surface area is 136 Å². The van der Waals surface area contributed by atoms with Gasteiger partial charge in [0.1, 0.15) is 6.04 Å². The van der Waals surface area contributed by atoms with Gasteiger partial charge in [0, 0.05) is 6.54 Å². The molecule has 0 heterocycles. The summed E-state index contributed by atoms with van der Waals surface area (Å²) in [5.74, 6) is -5.08. The summed E-state index contributed by atoms with van der Waals surface area (Å²) in [5, 5.41) is 30.7.